The Morgan fingerprint density at radius 1 is 0.824 bits per heavy atom. The number of nitrogens with zero attached hydrogens (tertiary/aromatic N) is 1. The molecule has 0 saturated carbocycles. The molecule has 8 nitrogen and oxygen atoms in total. The summed E-state index contributed by atoms with van der Waals surface area (Å²) in [5.41, 5.74) is 0.362. The number of nitrogens with one attached hydrogen (secondary N) is 1. The molecule has 3 aromatic carbocycles. The number of anilines is 1. The molecule has 0 radical (unpaired) electrons. The molecule has 0 bridgehead atoms. The molecule has 0 aliphatic carbocycles. The van der Waals surface area contributed by atoms with E-state index in [0.29, 0.717) is 28.2 Å². The summed E-state index contributed by atoms with van der Waals surface area (Å²) in [5.74, 6) is 0.908. The number of pyridine rings is 1. The molecule has 1 N–H and O–H groups in total. The zero-order chi connectivity index (χ0) is 24.3. The molecule has 34 heavy (non-hydrogen) atoms. The fourth-order valence-corrected chi connectivity index (χ4v) is 4.59. The van der Waals surface area contributed by atoms with Gasteiger partial charge in [0.1, 0.15) is 22.1 Å². The predicted octanol–water partition coefficient (Wildman–Crippen LogP) is 4.99. The molecule has 0 aliphatic rings. The van der Waals surface area contributed by atoms with Crippen LogP contribution in [0.25, 0.3) is 10.9 Å². The van der Waals surface area contributed by atoms with Crippen LogP contribution in [-0.2, 0) is 10.0 Å². The minimum atomic E-state index is -4.08. The van der Waals surface area contributed by atoms with E-state index in [4.69, 9.17) is 18.9 Å². The van der Waals surface area contributed by atoms with Gasteiger partial charge in [-0.25, -0.2) is 12.8 Å². The number of sulfonamides is 1. The van der Waals surface area contributed by atoms with E-state index < -0.39 is 15.8 Å². The number of ether oxygens (including phenoxy) is 4. The van der Waals surface area contributed by atoms with Crippen LogP contribution in [0.15, 0.2) is 71.8 Å². The minimum absolute atomic E-state index is 0.107. The molecule has 1 heterocycles. The summed E-state index contributed by atoms with van der Waals surface area (Å²) in [7, 11) is 0.312. The fourth-order valence-electron chi connectivity index (χ4n) is 3.35. The van der Waals surface area contributed by atoms with E-state index in [0.717, 1.165) is 6.07 Å². The Morgan fingerprint density at radius 2 is 1.53 bits per heavy atom. The van der Waals surface area contributed by atoms with Crippen LogP contribution in [0.3, 0.4) is 0 Å². The van der Waals surface area contributed by atoms with Crippen molar-refractivity contribution in [2.75, 3.05) is 26.1 Å². The third kappa shape index (κ3) is 4.53. The first-order valence-corrected chi connectivity index (χ1v) is 11.5. The number of fused-ring (bicyclic) bond motifs is 1. The molecule has 4 aromatic rings. The van der Waals surface area contributed by atoms with Crippen LogP contribution in [0.1, 0.15) is 0 Å². The van der Waals surface area contributed by atoms with Gasteiger partial charge in [0.15, 0.2) is 17.3 Å². The van der Waals surface area contributed by atoms with Crippen molar-refractivity contribution in [1.82, 2.24) is 4.98 Å². The number of para-hydroxylation sites is 1. The first-order valence-electron chi connectivity index (χ1n) is 10.00. The Balaban J connectivity index is 1.63. The largest absolute Gasteiger partial charge is 0.495 e. The highest BCUT2D eigenvalue weighted by Crippen LogP contribution is 2.37. The summed E-state index contributed by atoms with van der Waals surface area (Å²) in [6.45, 7) is 0. The van der Waals surface area contributed by atoms with E-state index in [9.17, 15) is 12.8 Å². The lowest BCUT2D eigenvalue weighted by molar-refractivity contribution is 0.355. The van der Waals surface area contributed by atoms with E-state index in [-0.39, 0.29) is 22.1 Å². The quantitative estimate of drug-likeness (QED) is 0.376. The van der Waals surface area contributed by atoms with Gasteiger partial charge in [0.05, 0.1) is 32.5 Å². The smallest absolute Gasteiger partial charge is 0.265 e. The number of benzene rings is 3. The van der Waals surface area contributed by atoms with E-state index in [1.54, 1.807) is 36.5 Å². The molecule has 0 saturated heterocycles. The lowest BCUT2D eigenvalue weighted by Crippen LogP contribution is -2.15. The van der Waals surface area contributed by atoms with Gasteiger partial charge in [-0.2, -0.15) is 0 Å². The van der Waals surface area contributed by atoms with Crippen molar-refractivity contribution in [2.24, 2.45) is 0 Å². The van der Waals surface area contributed by atoms with Crippen molar-refractivity contribution in [3.63, 3.8) is 0 Å². The summed E-state index contributed by atoms with van der Waals surface area (Å²) >= 11 is 0. The maximum absolute atomic E-state index is 14.8. The number of rotatable bonds is 8. The Morgan fingerprint density at radius 3 is 2.24 bits per heavy atom. The summed E-state index contributed by atoms with van der Waals surface area (Å²) in [6, 6.07) is 14.9. The van der Waals surface area contributed by atoms with Crippen molar-refractivity contribution in [3.8, 4) is 28.7 Å². The van der Waals surface area contributed by atoms with E-state index in [1.807, 2.05) is 0 Å². The average Bonchev–Trinajstić information content (AvgIpc) is 2.85. The van der Waals surface area contributed by atoms with E-state index >= 15 is 0 Å². The number of methoxy groups -OCH3 is 3. The number of aromatic nitrogens is 1. The van der Waals surface area contributed by atoms with Gasteiger partial charge in [-0.15, -0.1) is 0 Å². The lowest BCUT2D eigenvalue weighted by atomic mass is 10.2. The molecule has 0 fully saturated rings. The van der Waals surface area contributed by atoms with Crippen LogP contribution in [0.4, 0.5) is 10.1 Å². The topological polar surface area (TPSA) is 96.0 Å². The molecule has 0 atom stereocenters. The van der Waals surface area contributed by atoms with Gasteiger partial charge in [-0.05, 0) is 36.4 Å². The zero-order valence-corrected chi connectivity index (χ0v) is 19.4. The maximum atomic E-state index is 14.8. The van der Waals surface area contributed by atoms with Crippen molar-refractivity contribution < 1.29 is 31.8 Å². The summed E-state index contributed by atoms with van der Waals surface area (Å²) < 4.78 is 64.2. The third-order valence-corrected chi connectivity index (χ3v) is 6.38. The Labute approximate surface area is 195 Å². The summed E-state index contributed by atoms with van der Waals surface area (Å²) in [6.07, 6.45) is 1.55. The normalized spacial score (nSPS) is 11.2. The average molecular weight is 485 g/mol. The van der Waals surface area contributed by atoms with Crippen LogP contribution in [0.2, 0.25) is 0 Å². The maximum Gasteiger partial charge on any atom is 0.265 e. The molecule has 1 aromatic heterocycles. The van der Waals surface area contributed by atoms with Gasteiger partial charge >= 0.3 is 0 Å². The Hall–Kier alpha value is -4.05. The van der Waals surface area contributed by atoms with E-state index in [2.05, 4.69) is 9.71 Å². The highest BCUT2D eigenvalue weighted by atomic mass is 32.2. The van der Waals surface area contributed by atoms with Crippen LogP contribution in [-0.4, -0.2) is 34.7 Å². The van der Waals surface area contributed by atoms with Gasteiger partial charge in [-0.3, -0.25) is 9.71 Å². The lowest BCUT2D eigenvalue weighted by Gasteiger charge is -2.14. The van der Waals surface area contributed by atoms with Crippen LogP contribution in [0, 0.1) is 5.82 Å². The van der Waals surface area contributed by atoms with E-state index in [1.165, 1.54) is 45.6 Å². The molecule has 0 unspecified atom stereocenters. The second-order valence-corrected chi connectivity index (χ2v) is 8.68. The summed E-state index contributed by atoms with van der Waals surface area (Å²) in [5, 5.41) is 0.626. The van der Waals surface area contributed by atoms with Crippen LogP contribution in [0.5, 0.6) is 28.7 Å². The van der Waals surface area contributed by atoms with Crippen LogP contribution >= 0.6 is 0 Å². The van der Waals surface area contributed by atoms with Crippen LogP contribution < -0.4 is 23.7 Å². The zero-order valence-electron chi connectivity index (χ0n) is 18.5. The second kappa shape index (κ2) is 9.44. The van der Waals surface area contributed by atoms with Gasteiger partial charge in [0.25, 0.3) is 10.0 Å². The summed E-state index contributed by atoms with van der Waals surface area (Å²) in [4.78, 5) is 4.20. The first kappa shape index (κ1) is 23.1. The molecule has 0 spiro atoms. The van der Waals surface area contributed by atoms with Gasteiger partial charge in [0, 0.05) is 23.7 Å². The predicted molar refractivity (Wildman–Crippen MR) is 125 cm³/mol. The number of hydrogen-bond donors (Lipinski definition) is 1. The van der Waals surface area contributed by atoms with Crippen molar-refractivity contribution in [1.29, 1.82) is 0 Å². The molecular formula is C24H21FN2O6S. The number of halogens is 1. The highest BCUT2D eigenvalue weighted by molar-refractivity contribution is 7.92. The highest BCUT2D eigenvalue weighted by Gasteiger charge is 2.21. The van der Waals surface area contributed by atoms with Gasteiger partial charge in [-0.1, -0.05) is 12.1 Å². The van der Waals surface area contributed by atoms with Gasteiger partial charge in [0.2, 0.25) is 0 Å². The molecule has 0 amide bonds. The monoisotopic (exact) mass is 484 g/mol. The third-order valence-electron chi connectivity index (χ3n) is 4.98. The first-order chi connectivity index (χ1) is 16.4. The SMILES string of the molecule is COc1cc2nccc(Oc3ccc(NS(=O)(=O)c4ccccc4OC)c(F)c3)c2cc1OC. The Kier molecular flexibility index (Phi) is 6.42. The fraction of sp³-hybridized carbons (Fsp3) is 0.125. The molecule has 10 heteroatoms. The number of hydrogen-bond acceptors (Lipinski definition) is 7. The molecular weight excluding hydrogens is 463 g/mol. The second-order valence-electron chi connectivity index (χ2n) is 7.03. The molecule has 4 rings (SSSR count). The van der Waals surface area contributed by atoms with Crippen molar-refractivity contribution in [3.05, 3.63) is 72.7 Å². The standard InChI is InChI=1S/C24H21FN2O6S/c1-30-21-6-4-5-7-24(21)34(28,29)27-18-9-8-15(12-17(18)25)33-20-10-11-26-19-14-23(32-3)22(31-2)13-16(19)20/h4-14,27H,1-3H3. The Bertz CT molecular complexity index is 1460. The molecule has 176 valence electrons. The van der Waals surface area contributed by atoms with Gasteiger partial charge < -0.3 is 18.9 Å². The molecule has 0 aliphatic heterocycles. The minimum Gasteiger partial charge on any atom is -0.495 e. The van der Waals surface area contributed by atoms with Crippen molar-refractivity contribution in [2.45, 2.75) is 4.90 Å². The van der Waals surface area contributed by atoms with Crippen molar-refractivity contribution >= 4 is 26.6 Å².